The number of nitrogens with zero attached hydrogens (tertiary/aromatic N) is 7. The first-order valence-electron chi connectivity index (χ1n) is 13.2. The highest BCUT2D eigenvalue weighted by Gasteiger charge is 2.15. The minimum absolute atomic E-state index is 0.0511. The molecular formula is C27H37N9O3S2. The van der Waals surface area contributed by atoms with E-state index in [2.05, 4.69) is 86.5 Å². The van der Waals surface area contributed by atoms with Crippen LogP contribution in [0.5, 0.6) is 0 Å². The van der Waals surface area contributed by atoms with Gasteiger partial charge in [-0.3, -0.25) is 14.5 Å². The standard InChI is InChI=1S/C27H37N9O3S2/c1-7-35(8-2)19-11-13-21(28-5)23(17-19)30-25-32-26(34-27(33-25)40-15-16-41(37,38)39)31-24-18-20(36(9-3)10-4)12-14-22(24)29-6/h11-14,17-18H,5-10,15-16H2,1-4H3,(H,37,38,39)(H2,30,31,32,33,34). The molecule has 0 bridgehead atoms. The summed E-state index contributed by atoms with van der Waals surface area (Å²) in [5.74, 6) is 0.0371. The van der Waals surface area contributed by atoms with Crippen LogP contribution < -0.4 is 20.4 Å². The van der Waals surface area contributed by atoms with Gasteiger partial charge < -0.3 is 20.4 Å². The van der Waals surface area contributed by atoms with Crippen molar-refractivity contribution in [3.8, 4) is 0 Å². The van der Waals surface area contributed by atoms with Gasteiger partial charge in [0.2, 0.25) is 11.9 Å². The molecule has 0 atom stereocenters. The predicted octanol–water partition coefficient (Wildman–Crippen LogP) is 5.70. The Hall–Kier alpha value is -3.75. The van der Waals surface area contributed by atoms with Gasteiger partial charge in [0.05, 0.1) is 28.5 Å². The van der Waals surface area contributed by atoms with E-state index in [0.717, 1.165) is 49.3 Å². The molecule has 0 aliphatic heterocycles. The first-order chi connectivity index (χ1) is 19.6. The van der Waals surface area contributed by atoms with Crippen molar-refractivity contribution in [2.75, 3.05) is 58.1 Å². The summed E-state index contributed by atoms with van der Waals surface area (Å²) in [6, 6.07) is 11.6. The molecule has 0 radical (unpaired) electrons. The van der Waals surface area contributed by atoms with Crippen molar-refractivity contribution in [2.24, 2.45) is 9.98 Å². The first-order valence-corrected chi connectivity index (χ1v) is 15.8. The Morgan fingerprint density at radius 2 is 1.24 bits per heavy atom. The number of rotatable bonds is 16. The van der Waals surface area contributed by atoms with Crippen LogP contribution in [-0.2, 0) is 10.1 Å². The molecule has 1 aromatic heterocycles. The minimum atomic E-state index is -4.14. The van der Waals surface area contributed by atoms with Gasteiger partial charge in [0, 0.05) is 43.3 Å². The lowest BCUT2D eigenvalue weighted by atomic mass is 10.2. The van der Waals surface area contributed by atoms with Gasteiger partial charge in [-0.2, -0.15) is 23.4 Å². The van der Waals surface area contributed by atoms with Gasteiger partial charge >= 0.3 is 0 Å². The molecule has 41 heavy (non-hydrogen) atoms. The summed E-state index contributed by atoms with van der Waals surface area (Å²) in [5, 5.41) is 6.72. The van der Waals surface area contributed by atoms with Crippen LogP contribution in [0.2, 0.25) is 0 Å². The fraction of sp³-hybridized carbons (Fsp3) is 0.370. The second-order valence-corrected chi connectivity index (χ2v) is 11.3. The highest BCUT2D eigenvalue weighted by molar-refractivity contribution is 8.00. The van der Waals surface area contributed by atoms with Gasteiger partial charge in [0.15, 0.2) is 5.16 Å². The van der Waals surface area contributed by atoms with E-state index in [1.807, 2.05) is 36.4 Å². The summed E-state index contributed by atoms with van der Waals surface area (Å²) in [6.45, 7) is 19.0. The van der Waals surface area contributed by atoms with Crippen LogP contribution in [0.25, 0.3) is 0 Å². The summed E-state index contributed by atoms with van der Waals surface area (Å²) in [6.07, 6.45) is 0. The monoisotopic (exact) mass is 599 g/mol. The summed E-state index contributed by atoms with van der Waals surface area (Å²) in [5.41, 5.74) is 4.51. The number of thioether (sulfide) groups is 1. The van der Waals surface area contributed by atoms with E-state index in [1.165, 1.54) is 0 Å². The number of hydrogen-bond acceptors (Lipinski definition) is 12. The zero-order valence-electron chi connectivity index (χ0n) is 23.8. The molecule has 14 heteroatoms. The molecule has 0 fully saturated rings. The molecule has 2 aromatic carbocycles. The van der Waals surface area contributed by atoms with Crippen molar-refractivity contribution in [3.63, 3.8) is 0 Å². The van der Waals surface area contributed by atoms with Crippen molar-refractivity contribution >= 4 is 81.3 Å². The van der Waals surface area contributed by atoms with Crippen molar-refractivity contribution in [1.29, 1.82) is 0 Å². The molecule has 0 saturated carbocycles. The van der Waals surface area contributed by atoms with E-state index in [-0.39, 0.29) is 22.8 Å². The highest BCUT2D eigenvalue weighted by Crippen LogP contribution is 2.34. The van der Waals surface area contributed by atoms with E-state index in [0.29, 0.717) is 22.7 Å². The Morgan fingerprint density at radius 1 is 0.805 bits per heavy atom. The molecule has 3 N–H and O–H groups in total. The average molecular weight is 600 g/mol. The molecule has 3 aromatic rings. The molecule has 0 aliphatic rings. The van der Waals surface area contributed by atoms with E-state index in [9.17, 15) is 13.0 Å². The Kier molecular flexibility index (Phi) is 11.4. The van der Waals surface area contributed by atoms with Crippen molar-refractivity contribution < 1.29 is 13.0 Å². The van der Waals surface area contributed by atoms with Crippen molar-refractivity contribution in [2.45, 2.75) is 32.9 Å². The second-order valence-electron chi connectivity index (χ2n) is 8.71. The van der Waals surface area contributed by atoms with Crippen LogP contribution >= 0.6 is 11.8 Å². The van der Waals surface area contributed by atoms with Gasteiger partial charge in [-0.1, -0.05) is 11.8 Å². The van der Waals surface area contributed by atoms with E-state index < -0.39 is 15.9 Å². The molecule has 0 unspecified atom stereocenters. The SMILES string of the molecule is C=Nc1ccc(N(CC)CC)cc1Nc1nc(Nc2cc(N(CC)CC)ccc2N=C)nc(SCCS(=O)(=O)O)n1. The fourth-order valence-electron chi connectivity index (χ4n) is 4.11. The lowest BCUT2D eigenvalue weighted by Crippen LogP contribution is -2.21. The van der Waals surface area contributed by atoms with Crippen molar-refractivity contribution in [3.05, 3.63) is 36.4 Å². The lowest BCUT2D eigenvalue weighted by Gasteiger charge is -2.22. The third-order valence-electron chi connectivity index (χ3n) is 6.24. The summed E-state index contributed by atoms with van der Waals surface area (Å²) in [7, 11) is -4.14. The molecular weight excluding hydrogens is 562 g/mol. The quantitative estimate of drug-likeness (QED) is 0.106. The van der Waals surface area contributed by atoms with E-state index in [4.69, 9.17) is 0 Å². The zero-order chi connectivity index (χ0) is 30.0. The first kappa shape index (κ1) is 31.8. The second kappa shape index (κ2) is 14.8. The minimum Gasteiger partial charge on any atom is -0.372 e. The largest absolute Gasteiger partial charge is 0.372 e. The van der Waals surface area contributed by atoms with Gasteiger partial charge in [-0.05, 0) is 77.5 Å². The maximum atomic E-state index is 11.3. The van der Waals surface area contributed by atoms with Crippen LogP contribution in [0.1, 0.15) is 27.7 Å². The van der Waals surface area contributed by atoms with E-state index >= 15 is 0 Å². The average Bonchev–Trinajstić information content (AvgIpc) is 2.94. The van der Waals surface area contributed by atoms with Crippen LogP contribution in [0.3, 0.4) is 0 Å². The molecule has 3 rings (SSSR count). The van der Waals surface area contributed by atoms with Gasteiger partial charge in [-0.25, -0.2) is 0 Å². The Bertz CT molecular complexity index is 1370. The third kappa shape index (κ3) is 8.87. The topological polar surface area (TPSA) is 148 Å². The summed E-state index contributed by atoms with van der Waals surface area (Å²) >= 11 is 1.08. The zero-order valence-corrected chi connectivity index (χ0v) is 25.5. The lowest BCUT2D eigenvalue weighted by molar-refractivity contribution is 0.485. The van der Waals surface area contributed by atoms with Crippen LogP contribution in [0.4, 0.5) is 46.0 Å². The molecule has 0 spiro atoms. The van der Waals surface area contributed by atoms with Crippen molar-refractivity contribution in [1.82, 2.24) is 15.0 Å². The highest BCUT2D eigenvalue weighted by atomic mass is 32.2. The van der Waals surface area contributed by atoms with Gasteiger partial charge in [0.25, 0.3) is 10.1 Å². The fourth-order valence-corrected chi connectivity index (χ4v) is 5.77. The summed E-state index contributed by atoms with van der Waals surface area (Å²) < 4.78 is 31.7. The Labute approximate surface area is 246 Å². The maximum Gasteiger partial charge on any atom is 0.265 e. The third-order valence-corrected chi connectivity index (χ3v) is 8.07. The number of nitrogens with one attached hydrogen (secondary N) is 2. The number of hydrogen-bond donors (Lipinski definition) is 3. The Balaban J connectivity index is 2.04. The molecule has 0 saturated heterocycles. The molecule has 0 aliphatic carbocycles. The molecule has 220 valence electrons. The van der Waals surface area contributed by atoms with Gasteiger partial charge in [-0.15, -0.1) is 0 Å². The maximum absolute atomic E-state index is 11.3. The van der Waals surface area contributed by atoms with E-state index in [1.54, 1.807) is 0 Å². The molecule has 0 amide bonds. The van der Waals surface area contributed by atoms with Crippen LogP contribution in [0.15, 0.2) is 51.5 Å². The number of benzene rings is 2. The smallest absolute Gasteiger partial charge is 0.265 e. The normalized spacial score (nSPS) is 11.1. The molecule has 1 heterocycles. The van der Waals surface area contributed by atoms with Crippen LogP contribution in [-0.4, -0.2) is 79.0 Å². The van der Waals surface area contributed by atoms with Gasteiger partial charge in [0.1, 0.15) is 0 Å². The number of aliphatic imine (C=N–C) groups is 2. The number of anilines is 6. The number of aromatic nitrogens is 3. The predicted molar refractivity (Wildman–Crippen MR) is 172 cm³/mol. The molecule has 12 nitrogen and oxygen atoms in total. The Morgan fingerprint density at radius 3 is 1.61 bits per heavy atom. The summed E-state index contributed by atoms with van der Waals surface area (Å²) in [4.78, 5) is 26.2. The van der Waals surface area contributed by atoms with Crippen LogP contribution in [0, 0.1) is 0 Å².